The van der Waals surface area contributed by atoms with Crippen molar-refractivity contribution < 1.29 is 24.0 Å². The lowest BCUT2D eigenvalue weighted by molar-refractivity contribution is -0.143. The molecule has 2 saturated heterocycles. The van der Waals surface area contributed by atoms with Crippen LogP contribution in [0.3, 0.4) is 0 Å². The van der Waals surface area contributed by atoms with Gasteiger partial charge in [0.1, 0.15) is 24.1 Å². The number of hydrogen-bond acceptors (Lipinski definition) is 5. The normalized spacial score (nSPS) is 25.2. The van der Waals surface area contributed by atoms with Gasteiger partial charge in [-0.15, -0.1) is 0 Å². The van der Waals surface area contributed by atoms with Gasteiger partial charge in [-0.1, -0.05) is 52.2 Å². The molecule has 5 rings (SSSR count). The first kappa shape index (κ1) is 31.7. The third kappa shape index (κ3) is 6.40. The number of rotatable bonds is 9. The number of aldehydes is 1. The maximum atomic E-state index is 14.5. The highest BCUT2D eigenvalue weighted by molar-refractivity contribution is 6.01. The first-order valence-corrected chi connectivity index (χ1v) is 16.2. The molecule has 10 heteroatoms. The second-order valence-corrected chi connectivity index (χ2v) is 13.8. The zero-order chi connectivity index (χ0) is 31.6. The largest absolute Gasteiger partial charge is 0.356 e. The Morgan fingerprint density at radius 2 is 1.84 bits per heavy atom. The number of amides is 4. The third-order valence-corrected chi connectivity index (χ3v) is 10.5. The fourth-order valence-electron chi connectivity index (χ4n) is 7.46. The van der Waals surface area contributed by atoms with Gasteiger partial charge in [0, 0.05) is 29.9 Å². The van der Waals surface area contributed by atoms with Gasteiger partial charge in [0.05, 0.1) is 6.04 Å². The molecule has 1 aliphatic carbocycles. The van der Waals surface area contributed by atoms with Crippen molar-refractivity contribution in [3.05, 3.63) is 35.5 Å². The molecule has 2 aromatic rings. The van der Waals surface area contributed by atoms with Gasteiger partial charge in [-0.2, -0.15) is 0 Å². The maximum absolute atomic E-state index is 14.5. The lowest BCUT2D eigenvalue weighted by atomic mass is 9.77. The number of nitrogens with zero attached hydrogens (tertiary/aromatic N) is 1. The quantitative estimate of drug-likeness (QED) is 0.323. The van der Waals surface area contributed by atoms with Crippen molar-refractivity contribution in [1.82, 2.24) is 25.8 Å². The molecule has 3 heterocycles. The highest BCUT2D eigenvalue weighted by Gasteiger charge is 2.53. The molecule has 1 aromatic heterocycles. The van der Waals surface area contributed by atoms with Crippen LogP contribution in [0.1, 0.15) is 88.2 Å². The Hall–Kier alpha value is -3.69. The summed E-state index contributed by atoms with van der Waals surface area (Å²) in [4.78, 5) is 71.3. The molecule has 1 aromatic carbocycles. The lowest BCUT2D eigenvalue weighted by Crippen LogP contribution is -2.59. The monoisotopic (exact) mass is 605 g/mol. The molecule has 0 unspecified atom stereocenters. The molecular formula is C34H47N5O5. The second kappa shape index (κ2) is 13.1. The number of nitrogens with one attached hydrogen (secondary N) is 4. The van der Waals surface area contributed by atoms with Crippen LogP contribution in [0.15, 0.2) is 24.3 Å². The van der Waals surface area contributed by atoms with Gasteiger partial charge in [0.2, 0.25) is 17.7 Å². The Labute approximate surface area is 259 Å². The van der Waals surface area contributed by atoms with E-state index in [9.17, 15) is 24.0 Å². The first-order chi connectivity index (χ1) is 21.0. The van der Waals surface area contributed by atoms with E-state index in [1.165, 1.54) is 0 Å². The van der Waals surface area contributed by atoms with E-state index in [0.29, 0.717) is 31.5 Å². The van der Waals surface area contributed by atoms with E-state index in [0.717, 1.165) is 55.0 Å². The van der Waals surface area contributed by atoms with Crippen molar-refractivity contribution in [3.63, 3.8) is 0 Å². The molecular weight excluding hydrogens is 558 g/mol. The molecule has 0 spiro atoms. The molecule has 4 amide bonds. The molecule has 5 atom stereocenters. The Morgan fingerprint density at radius 1 is 1.09 bits per heavy atom. The van der Waals surface area contributed by atoms with Crippen molar-refractivity contribution in [2.24, 2.45) is 23.2 Å². The summed E-state index contributed by atoms with van der Waals surface area (Å²) in [5.41, 5.74) is 1.73. The summed E-state index contributed by atoms with van der Waals surface area (Å²) in [6.07, 6.45) is 7.12. The minimum Gasteiger partial charge on any atom is -0.356 e. The highest BCUT2D eigenvalue weighted by Crippen LogP contribution is 2.42. The van der Waals surface area contributed by atoms with Crippen molar-refractivity contribution in [3.8, 4) is 0 Å². The number of carbonyl (C=O) groups is 5. The van der Waals surface area contributed by atoms with E-state index in [4.69, 9.17) is 0 Å². The van der Waals surface area contributed by atoms with E-state index in [2.05, 4.69) is 20.9 Å². The van der Waals surface area contributed by atoms with Crippen LogP contribution in [0.4, 0.5) is 0 Å². The van der Waals surface area contributed by atoms with Gasteiger partial charge < -0.3 is 30.6 Å². The number of aromatic nitrogens is 1. The van der Waals surface area contributed by atoms with Crippen molar-refractivity contribution in [1.29, 1.82) is 0 Å². The summed E-state index contributed by atoms with van der Waals surface area (Å²) in [5, 5.41) is 9.74. The van der Waals surface area contributed by atoms with Crippen LogP contribution >= 0.6 is 0 Å². The second-order valence-electron chi connectivity index (χ2n) is 13.8. The first-order valence-electron chi connectivity index (χ1n) is 16.2. The topological polar surface area (TPSA) is 140 Å². The predicted molar refractivity (Wildman–Crippen MR) is 168 cm³/mol. The average Bonchev–Trinajstić information content (AvgIpc) is 3.55. The molecule has 1 saturated carbocycles. The SMILES string of the molecule is Cc1cccc2[nH]c(C(=O)N[C@H](C(=O)N3C[C@@H](C)C(C)(C)[C@H]3C(=O)N[C@H](C=O)C[C@@H]3CCCNC3=O)C3CCCCC3)cc12. The van der Waals surface area contributed by atoms with Gasteiger partial charge in [0.15, 0.2) is 0 Å². The highest BCUT2D eigenvalue weighted by atomic mass is 16.2. The number of aryl methyl sites for hydroxylation is 1. The summed E-state index contributed by atoms with van der Waals surface area (Å²) in [5.74, 6) is -1.48. The Morgan fingerprint density at radius 3 is 2.52 bits per heavy atom. The molecule has 238 valence electrons. The summed E-state index contributed by atoms with van der Waals surface area (Å²) in [6, 6.07) is 5.24. The maximum Gasteiger partial charge on any atom is 0.268 e. The molecule has 2 aliphatic heterocycles. The predicted octanol–water partition coefficient (Wildman–Crippen LogP) is 3.63. The Balaban J connectivity index is 1.38. The van der Waals surface area contributed by atoms with Crippen LogP contribution in [0.5, 0.6) is 0 Å². The zero-order valence-corrected chi connectivity index (χ0v) is 26.4. The fourth-order valence-corrected chi connectivity index (χ4v) is 7.46. The van der Waals surface area contributed by atoms with E-state index in [1.807, 2.05) is 52.0 Å². The number of hydrogen-bond donors (Lipinski definition) is 4. The van der Waals surface area contributed by atoms with E-state index >= 15 is 0 Å². The number of likely N-dealkylation sites (tertiary alicyclic amines) is 1. The average molecular weight is 606 g/mol. The van der Waals surface area contributed by atoms with Gasteiger partial charge in [-0.25, -0.2) is 0 Å². The van der Waals surface area contributed by atoms with E-state index < -0.39 is 29.4 Å². The molecule has 44 heavy (non-hydrogen) atoms. The molecule has 0 bridgehead atoms. The summed E-state index contributed by atoms with van der Waals surface area (Å²) in [7, 11) is 0. The van der Waals surface area contributed by atoms with Crippen LogP contribution in [0.2, 0.25) is 0 Å². The van der Waals surface area contributed by atoms with E-state index in [-0.39, 0.29) is 41.9 Å². The number of fused-ring (bicyclic) bond motifs is 1. The Bertz CT molecular complexity index is 1410. The van der Waals surface area contributed by atoms with Crippen LogP contribution in [0, 0.1) is 30.1 Å². The van der Waals surface area contributed by atoms with Gasteiger partial charge >= 0.3 is 0 Å². The van der Waals surface area contributed by atoms with Gasteiger partial charge in [0.25, 0.3) is 5.91 Å². The molecule has 3 aliphatic rings. The number of piperidine rings is 1. The number of aromatic amines is 1. The van der Waals surface area contributed by atoms with Crippen molar-refractivity contribution in [2.75, 3.05) is 13.1 Å². The zero-order valence-electron chi connectivity index (χ0n) is 26.4. The molecule has 3 fully saturated rings. The smallest absolute Gasteiger partial charge is 0.268 e. The molecule has 0 radical (unpaired) electrons. The van der Waals surface area contributed by atoms with Crippen LogP contribution in [-0.4, -0.2) is 71.0 Å². The number of benzene rings is 1. The van der Waals surface area contributed by atoms with Gasteiger partial charge in [-0.05, 0) is 74.0 Å². The molecule has 10 nitrogen and oxygen atoms in total. The summed E-state index contributed by atoms with van der Waals surface area (Å²) < 4.78 is 0. The minimum atomic E-state index is -0.834. The third-order valence-electron chi connectivity index (χ3n) is 10.5. The van der Waals surface area contributed by atoms with Crippen LogP contribution in [0.25, 0.3) is 10.9 Å². The number of H-pyrrole nitrogens is 1. The van der Waals surface area contributed by atoms with Crippen molar-refractivity contribution >= 4 is 40.8 Å². The summed E-state index contributed by atoms with van der Waals surface area (Å²) in [6.45, 7) is 8.95. The van der Waals surface area contributed by atoms with Gasteiger partial charge in [-0.3, -0.25) is 19.2 Å². The minimum absolute atomic E-state index is 0.000363. The van der Waals surface area contributed by atoms with Crippen molar-refractivity contribution in [2.45, 2.75) is 97.2 Å². The van der Waals surface area contributed by atoms with Crippen LogP contribution < -0.4 is 16.0 Å². The lowest BCUT2D eigenvalue weighted by Gasteiger charge is -2.37. The summed E-state index contributed by atoms with van der Waals surface area (Å²) >= 11 is 0. The van der Waals surface area contributed by atoms with E-state index in [1.54, 1.807) is 4.90 Å². The standard InChI is InChI=1S/C34H47N5O5/c1-20-10-8-14-26-25(20)17-27(37-26)31(42)38-28(22-11-6-5-7-12-22)33(44)39-18-21(2)34(3,4)29(39)32(43)36-24(19-40)16-23-13-9-15-35-30(23)41/h8,10,14,17,19,21-24,28-29,37H,5-7,9,11-13,15-16,18H2,1-4H3,(H,35,41)(H,36,43)(H,38,42)/t21-,23+,24+,28+,29-/m1/s1. The fraction of sp³-hybridized carbons (Fsp3) is 0.618. The Kier molecular flexibility index (Phi) is 9.46. The molecule has 4 N–H and O–H groups in total. The van der Waals surface area contributed by atoms with Crippen LogP contribution in [-0.2, 0) is 19.2 Å². The number of carbonyl (C=O) groups excluding carboxylic acids is 5.